The zero-order valence-electron chi connectivity index (χ0n) is 24.0. The van der Waals surface area contributed by atoms with E-state index in [-0.39, 0.29) is 0 Å². The molecule has 0 atom stereocenters. The molecule has 0 unspecified atom stereocenters. The van der Waals surface area contributed by atoms with Crippen LogP contribution in [0.1, 0.15) is 34.2 Å². The topological polar surface area (TPSA) is 144 Å². The molecule has 0 spiro atoms. The molecule has 0 amide bonds. The van der Waals surface area contributed by atoms with Crippen LogP contribution in [0.25, 0.3) is 0 Å². The number of aryl methyl sites for hydroxylation is 6. The van der Waals surface area contributed by atoms with Gasteiger partial charge in [-0.15, -0.1) is 0 Å². The first-order valence-electron chi connectivity index (χ1n) is 13.2. The van der Waals surface area contributed by atoms with Gasteiger partial charge in [-0.25, -0.2) is 0 Å². The second-order valence-electron chi connectivity index (χ2n) is 10.1. The van der Waals surface area contributed by atoms with Crippen LogP contribution in [0.15, 0.2) is 87.1 Å². The maximum atomic E-state index is 5.68. The van der Waals surface area contributed by atoms with E-state index in [2.05, 4.69) is 0 Å². The van der Waals surface area contributed by atoms with E-state index in [0.29, 0.717) is 0 Å². The van der Waals surface area contributed by atoms with Crippen LogP contribution in [0.3, 0.4) is 0 Å². The molecule has 216 valence electrons. The number of hydrogen-bond acceptors (Lipinski definition) is 9. The minimum atomic E-state index is -3.30. The van der Waals surface area contributed by atoms with E-state index in [0.717, 1.165) is 34.2 Å². The molecule has 18 heteroatoms. The summed E-state index contributed by atoms with van der Waals surface area (Å²) in [5.74, 6) is 0. The molecule has 0 fully saturated rings. The fraction of sp³-hybridized carbons (Fsp3) is 0.250. The summed E-state index contributed by atoms with van der Waals surface area (Å²) < 4.78 is 28.1. The molecule has 6 aromatic rings. The molecule has 0 saturated carbocycles. The Balaban J connectivity index is 1.79. The van der Waals surface area contributed by atoms with Gasteiger partial charge in [0.05, 0.1) is 34.2 Å². The molecule has 0 aromatic carbocycles. The molecule has 0 saturated heterocycles. The Morgan fingerprint density at radius 2 is 0.500 bits per heavy atom. The SMILES string of the molecule is Cc1ccn(P2(n3ccc(C)n3)=NP(n3ccc(C)n3)(n3ccc(C)n3)=NP(n3ccc(C)n3)(n3ccc(C)n3)=N2)n1. The maximum Gasteiger partial charge on any atom is 0.313 e. The van der Waals surface area contributed by atoms with Crippen molar-refractivity contribution >= 4 is 22.5 Å². The average molecular weight is 622 g/mol. The van der Waals surface area contributed by atoms with E-state index < -0.39 is 22.5 Å². The molecule has 42 heavy (non-hydrogen) atoms. The van der Waals surface area contributed by atoms with Gasteiger partial charge in [-0.3, -0.25) is 0 Å². The van der Waals surface area contributed by atoms with Crippen molar-refractivity contribution in [2.24, 2.45) is 13.5 Å². The molecular formula is C24H30N15P3. The Morgan fingerprint density at radius 3 is 0.619 bits per heavy atom. The molecule has 7 rings (SSSR count). The van der Waals surface area contributed by atoms with E-state index in [1.165, 1.54) is 0 Å². The van der Waals surface area contributed by atoms with Crippen LogP contribution in [0.4, 0.5) is 0 Å². The molecule has 7 heterocycles. The molecule has 1 aliphatic rings. The highest BCUT2D eigenvalue weighted by Crippen LogP contribution is 2.79. The second kappa shape index (κ2) is 9.49. The third kappa shape index (κ3) is 4.06. The Morgan fingerprint density at radius 1 is 0.333 bits per heavy atom. The van der Waals surface area contributed by atoms with Gasteiger partial charge in [-0.2, -0.15) is 70.9 Å². The first-order chi connectivity index (χ1) is 20.1. The standard InChI is InChI=1S/C24H30N15P3/c1-19-7-13-34(25-19)40(35-14-8-20(2)26-35)31-41(36-15-9-21(3)27-36,37-16-10-22(4)28-37)33-42(32-40,38-17-11-23(5)29-38)39-18-12-24(6)30-39/h7-18H,1-6H3. The fourth-order valence-corrected chi connectivity index (χ4v) is 17.4. The van der Waals surface area contributed by atoms with Crippen molar-refractivity contribution in [1.29, 1.82) is 0 Å². The number of nitrogens with zero attached hydrogens (tertiary/aromatic N) is 15. The van der Waals surface area contributed by atoms with Crippen molar-refractivity contribution in [3.8, 4) is 0 Å². The first-order valence-corrected chi connectivity index (χ1v) is 18.0. The summed E-state index contributed by atoms with van der Waals surface area (Å²) in [7, 11) is -9.90. The van der Waals surface area contributed by atoms with Gasteiger partial charge in [0.1, 0.15) is 0 Å². The normalized spacial score (nSPS) is 17.0. The summed E-state index contributed by atoms with van der Waals surface area (Å²) in [5, 5.41) is 29.5. The number of hydrogen-bond donors (Lipinski definition) is 0. The van der Waals surface area contributed by atoms with Gasteiger partial charge in [0.25, 0.3) is 0 Å². The lowest BCUT2D eigenvalue weighted by Crippen LogP contribution is -2.17. The molecule has 0 N–H and O–H groups in total. The lowest BCUT2D eigenvalue weighted by atomic mass is 10.5. The predicted molar refractivity (Wildman–Crippen MR) is 162 cm³/mol. The van der Waals surface area contributed by atoms with Crippen molar-refractivity contribution < 1.29 is 0 Å². The quantitative estimate of drug-likeness (QED) is 0.204. The highest BCUT2D eigenvalue weighted by molar-refractivity contribution is 7.84. The van der Waals surface area contributed by atoms with Crippen molar-refractivity contribution in [2.45, 2.75) is 41.5 Å². The molecule has 0 aliphatic carbocycles. The van der Waals surface area contributed by atoms with Crippen LogP contribution in [-0.4, -0.2) is 57.3 Å². The summed E-state index contributed by atoms with van der Waals surface area (Å²) in [4.78, 5) is 0. The molecule has 1 aliphatic heterocycles. The highest BCUT2D eigenvalue weighted by atomic mass is 31.3. The molecular weight excluding hydrogens is 591 g/mol. The van der Waals surface area contributed by atoms with E-state index in [9.17, 15) is 0 Å². The summed E-state index contributed by atoms with van der Waals surface area (Å²) in [6, 6.07) is 11.7. The lowest BCUT2D eigenvalue weighted by Gasteiger charge is -2.35. The summed E-state index contributed by atoms with van der Waals surface area (Å²) in [6.45, 7) is 11.7. The number of rotatable bonds is 6. The van der Waals surface area contributed by atoms with Crippen LogP contribution >= 0.6 is 22.5 Å². The Labute approximate surface area is 242 Å². The minimum absolute atomic E-state index is 0.828. The highest BCUT2D eigenvalue weighted by Gasteiger charge is 2.46. The van der Waals surface area contributed by atoms with Crippen LogP contribution in [0.5, 0.6) is 0 Å². The van der Waals surface area contributed by atoms with Crippen LogP contribution < -0.4 is 0 Å². The zero-order valence-corrected chi connectivity index (χ0v) is 26.7. The van der Waals surface area contributed by atoms with Gasteiger partial charge < -0.3 is 0 Å². The predicted octanol–water partition coefficient (Wildman–Crippen LogP) is 6.16. The van der Waals surface area contributed by atoms with Gasteiger partial charge in [0.2, 0.25) is 0 Å². The van der Waals surface area contributed by atoms with Gasteiger partial charge >= 0.3 is 22.5 Å². The second-order valence-corrected chi connectivity index (χ2v) is 18.0. The Kier molecular flexibility index (Phi) is 6.06. The maximum absolute atomic E-state index is 5.68. The van der Waals surface area contributed by atoms with Crippen LogP contribution in [-0.2, 0) is 0 Å². The van der Waals surface area contributed by atoms with Gasteiger partial charge in [-0.1, -0.05) is 0 Å². The van der Waals surface area contributed by atoms with Gasteiger partial charge in [0, 0.05) is 37.2 Å². The Bertz CT molecular complexity index is 1740. The summed E-state index contributed by atoms with van der Waals surface area (Å²) >= 11 is 0. The van der Waals surface area contributed by atoms with Crippen LogP contribution in [0, 0.1) is 41.5 Å². The van der Waals surface area contributed by atoms with Crippen molar-refractivity contribution in [3.05, 3.63) is 108 Å². The number of aromatic nitrogens is 12. The van der Waals surface area contributed by atoms with Crippen molar-refractivity contribution in [1.82, 2.24) is 57.3 Å². The minimum Gasteiger partial charge on any atom is -0.199 e. The first kappa shape index (κ1) is 26.8. The van der Waals surface area contributed by atoms with E-state index in [4.69, 9.17) is 44.1 Å². The molecule has 15 nitrogen and oxygen atoms in total. The van der Waals surface area contributed by atoms with Gasteiger partial charge in [0.15, 0.2) is 0 Å². The van der Waals surface area contributed by atoms with E-state index in [1.54, 1.807) is 0 Å². The summed E-state index contributed by atoms with van der Waals surface area (Å²) in [5.41, 5.74) is 4.97. The van der Waals surface area contributed by atoms with Crippen LogP contribution in [0.2, 0.25) is 0 Å². The van der Waals surface area contributed by atoms with E-state index in [1.807, 2.05) is 142 Å². The van der Waals surface area contributed by atoms with Gasteiger partial charge in [-0.05, 0) is 77.9 Å². The van der Waals surface area contributed by atoms with E-state index >= 15 is 0 Å². The Hall–Kier alpha value is -4.05. The largest absolute Gasteiger partial charge is 0.313 e. The summed E-state index contributed by atoms with van der Waals surface area (Å²) in [6.07, 6.45) is 11.5. The third-order valence-electron chi connectivity index (χ3n) is 6.63. The third-order valence-corrected chi connectivity index (χ3v) is 17.0. The monoisotopic (exact) mass is 621 g/mol. The van der Waals surface area contributed by atoms with Crippen molar-refractivity contribution in [2.75, 3.05) is 0 Å². The average Bonchev–Trinajstić information content (AvgIpc) is 3.78. The molecule has 0 bridgehead atoms. The fourth-order valence-electron chi connectivity index (χ4n) is 4.62. The molecule has 0 radical (unpaired) electrons. The molecule has 6 aromatic heterocycles. The smallest absolute Gasteiger partial charge is 0.199 e. The lowest BCUT2D eigenvalue weighted by molar-refractivity contribution is 0.833. The van der Waals surface area contributed by atoms with Crippen molar-refractivity contribution in [3.63, 3.8) is 0 Å². The zero-order chi connectivity index (χ0) is 29.3.